The maximum Gasteiger partial charge on any atom is 0.326 e. The Morgan fingerprint density at radius 1 is 0.627 bits per heavy atom. The van der Waals surface area contributed by atoms with Crippen molar-refractivity contribution in [2.24, 2.45) is 22.7 Å². The van der Waals surface area contributed by atoms with Gasteiger partial charge in [-0.3, -0.25) is 48.1 Å². The lowest BCUT2D eigenvalue weighted by Crippen LogP contribution is -2.48. The van der Waals surface area contributed by atoms with E-state index in [1.165, 1.54) is 12.2 Å². The van der Waals surface area contributed by atoms with E-state index in [1.54, 1.807) is 0 Å². The fraction of sp³-hybridized carbons (Fsp3) is 0.733. The average molecular weight is 953 g/mol. The molecule has 1 saturated carbocycles. The van der Waals surface area contributed by atoms with Crippen LogP contribution in [0.25, 0.3) is 0 Å². The van der Waals surface area contributed by atoms with E-state index in [1.807, 2.05) is 27.7 Å². The monoisotopic (exact) mass is 953 g/mol. The molecule has 1 aliphatic heterocycles. The van der Waals surface area contributed by atoms with Gasteiger partial charge in [-0.1, -0.05) is 27.7 Å². The molecule has 0 spiro atoms. The summed E-state index contributed by atoms with van der Waals surface area (Å²) >= 11 is 0. The SMILES string of the molecule is CC(C)(CC(=O)O)C(C)(C)CC(=O)NCC1CCC(C(=O)NC(CCC(=O)NC(CCC(=O)O)C(=O)NCCCOCCOCCOCCCNC(=O)CCN2C(=O)C=CC2=O)C(=O)O)CC1. The van der Waals surface area contributed by atoms with Gasteiger partial charge >= 0.3 is 17.9 Å². The van der Waals surface area contributed by atoms with Crippen LogP contribution in [0.15, 0.2) is 12.2 Å². The molecule has 1 fully saturated rings. The van der Waals surface area contributed by atoms with Crippen LogP contribution in [0.3, 0.4) is 0 Å². The van der Waals surface area contributed by atoms with Crippen molar-refractivity contribution < 1.29 is 77.5 Å². The van der Waals surface area contributed by atoms with Crippen LogP contribution in [0, 0.1) is 22.7 Å². The van der Waals surface area contributed by atoms with Gasteiger partial charge in [0.25, 0.3) is 11.8 Å². The number of rotatable bonds is 35. The summed E-state index contributed by atoms with van der Waals surface area (Å²) in [6.07, 6.45) is 4.34. The van der Waals surface area contributed by atoms with Crippen LogP contribution in [0.2, 0.25) is 0 Å². The summed E-state index contributed by atoms with van der Waals surface area (Å²) in [6.45, 7) is 10.2. The van der Waals surface area contributed by atoms with Gasteiger partial charge in [-0.25, -0.2) is 4.79 Å². The summed E-state index contributed by atoms with van der Waals surface area (Å²) in [5.74, 6) is -6.89. The second kappa shape index (κ2) is 30.0. The molecule has 0 aromatic heterocycles. The first-order chi connectivity index (χ1) is 31.6. The number of carboxylic acid groups (broad SMARTS) is 3. The summed E-state index contributed by atoms with van der Waals surface area (Å²) in [4.78, 5) is 122. The van der Waals surface area contributed by atoms with Gasteiger partial charge in [0.2, 0.25) is 29.5 Å². The third-order valence-electron chi connectivity index (χ3n) is 12.2. The molecule has 2 atom stereocenters. The molecule has 1 aliphatic carbocycles. The van der Waals surface area contributed by atoms with Gasteiger partial charge in [0, 0.05) is 83.1 Å². The highest BCUT2D eigenvalue weighted by atomic mass is 16.5. The van der Waals surface area contributed by atoms with Gasteiger partial charge < -0.3 is 56.1 Å². The largest absolute Gasteiger partial charge is 0.481 e. The van der Waals surface area contributed by atoms with Crippen LogP contribution in [0.1, 0.15) is 111 Å². The van der Waals surface area contributed by atoms with Crippen LogP contribution in [0.4, 0.5) is 0 Å². The van der Waals surface area contributed by atoms with E-state index in [0.717, 1.165) is 4.90 Å². The van der Waals surface area contributed by atoms with Crippen LogP contribution in [-0.4, -0.2) is 157 Å². The molecule has 378 valence electrons. The maximum atomic E-state index is 13.1. The van der Waals surface area contributed by atoms with E-state index in [4.69, 9.17) is 14.2 Å². The van der Waals surface area contributed by atoms with Crippen molar-refractivity contribution in [2.45, 2.75) is 123 Å². The molecule has 2 aliphatic rings. The topological polar surface area (TPSA) is 322 Å². The van der Waals surface area contributed by atoms with Crippen molar-refractivity contribution >= 4 is 59.3 Å². The number of nitrogens with one attached hydrogen (secondary N) is 5. The minimum Gasteiger partial charge on any atom is -0.481 e. The number of imide groups is 1. The number of aliphatic carboxylic acids is 3. The lowest BCUT2D eigenvalue weighted by Gasteiger charge is -2.40. The summed E-state index contributed by atoms with van der Waals surface area (Å²) in [6, 6.07) is -2.58. The highest BCUT2D eigenvalue weighted by Gasteiger charge is 2.40. The summed E-state index contributed by atoms with van der Waals surface area (Å²) in [5.41, 5.74) is -1.19. The van der Waals surface area contributed by atoms with E-state index in [2.05, 4.69) is 26.6 Å². The van der Waals surface area contributed by atoms with Gasteiger partial charge in [0.05, 0.1) is 32.8 Å². The molecule has 0 saturated heterocycles. The quantitative estimate of drug-likeness (QED) is 0.0323. The zero-order valence-electron chi connectivity index (χ0n) is 39.3. The second-order valence-corrected chi connectivity index (χ2v) is 18.1. The predicted molar refractivity (Wildman–Crippen MR) is 239 cm³/mol. The summed E-state index contributed by atoms with van der Waals surface area (Å²) in [5, 5.41) is 41.5. The van der Waals surface area contributed by atoms with Crippen molar-refractivity contribution in [2.75, 3.05) is 65.8 Å². The number of carbonyl (C=O) groups is 10. The molecule has 7 amide bonds. The van der Waals surface area contributed by atoms with Crippen molar-refractivity contribution in [3.63, 3.8) is 0 Å². The van der Waals surface area contributed by atoms with Gasteiger partial charge in [0.1, 0.15) is 12.1 Å². The van der Waals surface area contributed by atoms with E-state index in [0.29, 0.717) is 78.0 Å². The Morgan fingerprint density at radius 2 is 1.16 bits per heavy atom. The molecule has 67 heavy (non-hydrogen) atoms. The van der Waals surface area contributed by atoms with E-state index < -0.39 is 82.7 Å². The number of carbonyl (C=O) groups excluding carboxylic acids is 7. The first-order valence-electron chi connectivity index (χ1n) is 23.0. The number of hydrogen-bond acceptors (Lipinski definition) is 13. The molecular weight excluding hydrogens is 881 g/mol. The highest BCUT2D eigenvalue weighted by molar-refractivity contribution is 6.13. The molecule has 0 aromatic carbocycles. The molecule has 1 heterocycles. The van der Waals surface area contributed by atoms with E-state index in [-0.39, 0.29) is 82.6 Å². The predicted octanol–water partition coefficient (Wildman–Crippen LogP) is 0.903. The van der Waals surface area contributed by atoms with E-state index >= 15 is 0 Å². The Morgan fingerprint density at radius 3 is 1.72 bits per heavy atom. The number of nitrogens with zero attached hydrogens (tertiary/aromatic N) is 1. The standard InChI is InChI=1S/C45H72N6O16/c1-44(2,45(3,4)28-40(59)60)27-36(54)48-29-30-7-9-31(10-8-30)41(61)50-33(43(63)64)11-13-35(53)49-32(12-16-39(57)58)42(62)47-19-6-22-66-24-26-67-25-23-65-21-5-18-46-34(52)17-20-51-37(55)14-15-38(51)56/h14-15,30-33H,5-13,16-29H2,1-4H3,(H,46,52)(H,47,62)(H,48,54)(H,49,53)(H,50,61)(H,57,58)(H,59,60)(H,63,64). The minimum atomic E-state index is -1.38. The molecule has 0 radical (unpaired) electrons. The van der Waals surface area contributed by atoms with Crippen LogP contribution < -0.4 is 26.6 Å². The van der Waals surface area contributed by atoms with Gasteiger partial charge in [-0.15, -0.1) is 0 Å². The number of ether oxygens (including phenoxy) is 3. The zero-order chi connectivity index (χ0) is 50.0. The zero-order valence-corrected chi connectivity index (χ0v) is 39.3. The van der Waals surface area contributed by atoms with Gasteiger partial charge in [0.15, 0.2) is 0 Å². The van der Waals surface area contributed by atoms with Crippen molar-refractivity contribution in [1.82, 2.24) is 31.5 Å². The molecule has 8 N–H and O–H groups in total. The average Bonchev–Trinajstić information content (AvgIpc) is 3.58. The second-order valence-electron chi connectivity index (χ2n) is 18.1. The van der Waals surface area contributed by atoms with Crippen LogP contribution in [0.5, 0.6) is 0 Å². The van der Waals surface area contributed by atoms with Crippen LogP contribution in [-0.2, 0) is 62.2 Å². The van der Waals surface area contributed by atoms with Crippen molar-refractivity contribution in [3.05, 3.63) is 12.2 Å². The Kier molecular flexibility index (Phi) is 25.8. The fourth-order valence-electron chi connectivity index (χ4n) is 7.24. The smallest absolute Gasteiger partial charge is 0.326 e. The van der Waals surface area contributed by atoms with E-state index in [9.17, 15) is 63.3 Å². The molecule has 2 rings (SSSR count). The third-order valence-corrected chi connectivity index (χ3v) is 12.2. The minimum absolute atomic E-state index is 0.0174. The lowest BCUT2D eigenvalue weighted by atomic mass is 9.64. The Balaban J connectivity index is 1.60. The molecule has 2 unspecified atom stereocenters. The van der Waals surface area contributed by atoms with Gasteiger partial charge in [-0.2, -0.15) is 0 Å². The number of amides is 7. The summed E-state index contributed by atoms with van der Waals surface area (Å²) < 4.78 is 16.4. The Hall–Kier alpha value is -5.48. The Labute approximate surface area is 391 Å². The van der Waals surface area contributed by atoms with Crippen molar-refractivity contribution in [3.8, 4) is 0 Å². The lowest BCUT2D eigenvalue weighted by molar-refractivity contribution is -0.143. The van der Waals surface area contributed by atoms with Gasteiger partial charge in [-0.05, 0) is 68.1 Å². The maximum absolute atomic E-state index is 13.1. The normalized spacial score (nSPS) is 17.0. The summed E-state index contributed by atoms with van der Waals surface area (Å²) in [7, 11) is 0. The molecular formula is C45H72N6O16. The molecule has 22 nitrogen and oxygen atoms in total. The molecule has 22 heteroatoms. The first-order valence-corrected chi connectivity index (χ1v) is 23.0. The number of carboxylic acids is 3. The number of hydrogen-bond donors (Lipinski definition) is 8. The molecule has 0 bridgehead atoms. The Bertz CT molecular complexity index is 1710. The van der Waals surface area contributed by atoms with Crippen LogP contribution >= 0.6 is 0 Å². The highest BCUT2D eigenvalue weighted by Crippen LogP contribution is 2.44. The van der Waals surface area contributed by atoms with Crippen molar-refractivity contribution in [1.29, 1.82) is 0 Å². The fourth-order valence-corrected chi connectivity index (χ4v) is 7.24. The molecule has 0 aromatic rings. The first kappa shape index (κ1) is 57.6. The third kappa shape index (κ3) is 23.2.